The van der Waals surface area contributed by atoms with E-state index in [4.69, 9.17) is 0 Å². The molecule has 2 saturated heterocycles. The first-order valence-corrected chi connectivity index (χ1v) is 7.81. The molecule has 2 heterocycles. The maximum absolute atomic E-state index is 12.3. The third kappa shape index (κ3) is 5.23. The predicted octanol–water partition coefficient (Wildman–Crippen LogP) is 1.74. The van der Waals surface area contributed by atoms with Crippen LogP contribution in [0.15, 0.2) is 0 Å². The van der Waals surface area contributed by atoms with E-state index in [0.717, 1.165) is 57.8 Å². The summed E-state index contributed by atoms with van der Waals surface area (Å²) in [6, 6.07) is 0.469. The summed E-state index contributed by atoms with van der Waals surface area (Å²) in [6.45, 7) is 4.50. The highest BCUT2D eigenvalue weighted by molar-refractivity contribution is 5.85. The lowest BCUT2D eigenvalue weighted by Gasteiger charge is -2.35. The van der Waals surface area contributed by atoms with Crippen LogP contribution in [0.2, 0.25) is 0 Å². The quantitative estimate of drug-likeness (QED) is 0.859. The first kappa shape index (κ1) is 17.7. The molecule has 0 saturated carbocycles. The summed E-state index contributed by atoms with van der Waals surface area (Å²) in [5, 5.41) is 3.38. The van der Waals surface area contributed by atoms with Crippen molar-refractivity contribution in [2.75, 3.05) is 40.3 Å². The fraction of sp³-hybridized carbons (Fsp3) is 0.933. The molecule has 0 unspecified atom stereocenters. The van der Waals surface area contributed by atoms with Crippen molar-refractivity contribution in [2.45, 2.75) is 44.6 Å². The Hall–Kier alpha value is -0.320. The van der Waals surface area contributed by atoms with Crippen molar-refractivity contribution in [1.82, 2.24) is 15.1 Å². The van der Waals surface area contributed by atoms with E-state index in [1.54, 1.807) is 0 Å². The second-order valence-electron chi connectivity index (χ2n) is 6.27. The molecular formula is C15H30ClN3O. The zero-order chi connectivity index (χ0) is 13.7. The zero-order valence-corrected chi connectivity index (χ0v) is 13.8. The van der Waals surface area contributed by atoms with Crippen LogP contribution in [-0.2, 0) is 4.79 Å². The number of hydrogen-bond acceptors (Lipinski definition) is 3. The van der Waals surface area contributed by atoms with Crippen molar-refractivity contribution in [2.24, 2.45) is 5.92 Å². The summed E-state index contributed by atoms with van der Waals surface area (Å²) in [4.78, 5) is 16.6. The van der Waals surface area contributed by atoms with Crippen molar-refractivity contribution in [3.63, 3.8) is 0 Å². The van der Waals surface area contributed by atoms with Gasteiger partial charge >= 0.3 is 0 Å². The minimum absolute atomic E-state index is 0. The van der Waals surface area contributed by atoms with Gasteiger partial charge < -0.3 is 15.1 Å². The smallest absolute Gasteiger partial charge is 0.222 e. The monoisotopic (exact) mass is 303 g/mol. The third-order valence-electron chi connectivity index (χ3n) is 4.85. The van der Waals surface area contributed by atoms with E-state index in [0.29, 0.717) is 11.9 Å². The summed E-state index contributed by atoms with van der Waals surface area (Å²) in [5.74, 6) is 1.11. The van der Waals surface area contributed by atoms with E-state index < -0.39 is 0 Å². The molecule has 2 fully saturated rings. The van der Waals surface area contributed by atoms with Gasteiger partial charge in [0.05, 0.1) is 0 Å². The molecule has 0 aromatic heterocycles. The predicted molar refractivity (Wildman–Crippen MR) is 85.4 cm³/mol. The molecule has 20 heavy (non-hydrogen) atoms. The van der Waals surface area contributed by atoms with E-state index in [9.17, 15) is 4.79 Å². The van der Waals surface area contributed by atoms with Crippen LogP contribution in [0.3, 0.4) is 0 Å². The number of carbonyl (C=O) groups is 1. The first-order chi connectivity index (χ1) is 9.16. The molecule has 2 aliphatic rings. The SMILES string of the molecule is CN1CCC(N(C)C(=O)CCC2CCNCC2)CC1.Cl. The van der Waals surface area contributed by atoms with Gasteiger partial charge in [0.1, 0.15) is 0 Å². The lowest BCUT2D eigenvalue weighted by Crippen LogP contribution is -2.44. The summed E-state index contributed by atoms with van der Waals surface area (Å²) in [5.41, 5.74) is 0. The van der Waals surface area contributed by atoms with Crippen LogP contribution >= 0.6 is 12.4 Å². The van der Waals surface area contributed by atoms with Gasteiger partial charge in [0.25, 0.3) is 0 Å². The van der Waals surface area contributed by atoms with Crippen molar-refractivity contribution in [1.29, 1.82) is 0 Å². The number of piperidine rings is 2. The molecule has 0 bridgehead atoms. The summed E-state index contributed by atoms with van der Waals surface area (Å²) >= 11 is 0. The van der Waals surface area contributed by atoms with E-state index in [1.807, 2.05) is 11.9 Å². The van der Waals surface area contributed by atoms with Crippen molar-refractivity contribution < 1.29 is 4.79 Å². The van der Waals surface area contributed by atoms with Crippen molar-refractivity contribution in [3.8, 4) is 0 Å². The van der Waals surface area contributed by atoms with Crippen molar-refractivity contribution >= 4 is 18.3 Å². The Morgan fingerprint density at radius 1 is 1.20 bits per heavy atom. The molecule has 2 aliphatic heterocycles. The fourth-order valence-electron chi connectivity index (χ4n) is 3.26. The van der Waals surface area contributed by atoms with Crippen LogP contribution in [0.1, 0.15) is 38.5 Å². The maximum Gasteiger partial charge on any atom is 0.222 e. The van der Waals surface area contributed by atoms with Gasteiger partial charge in [0.15, 0.2) is 0 Å². The number of hydrogen-bond donors (Lipinski definition) is 1. The van der Waals surface area contributed by atoms with Gasteiger partial charge in [-0.2, -0.15) is 0 Å². The van der Waals surface area contributed by atoms with Gasteiger partial charge in [-0.1, -0.05) is 0 Å². The van der Waals surface area contributed by atoms with E-state index in [-0.39, 0.29) is 12.4 Å². The molecule has 1 amide bonds. The molecule has 4 nitrogen and oxygen atoms in total. The minimum Gasteiger partial charge on any atom is -0.343 e. The van der Waals surface area contributed by atoms with Gasteiger partial charge in [0.2, 0.25) is 5.91 Å². The summed E-state index contributed by atoms with van der Waals surface area (Å²) in [7, 11) is 4.16. The molecule has 118 valence electrons. The Morgan fingerprint density at radius 2 is 1.80 bits per heavy atom. The van der Waals surface area contributed by atoms with Gasteiger partial charge in [-0.15, -0.1) is 12.4 Å². The van der Waals surface area contributed by atoms with Crippen LogP contribution in [-0.4, -0.2) is 62.0 Å². The highest BCUT2D eigenvalue weighted by Gasteiger charge is 2.24. The number of nitrogens with one attached hydrogen (secondary N) is 1. The Labute approximate surface area is 129 Å². The van der Waals surface area contributed by atoms with Crippen LogP contribution < -0.4 is 5.32 Å². The Kier molecular flexibility index (Phi) is 7.85. The van der Waals surface area contributed by atoms with Gasteiger partial charge in [-0.3, -0.25) is 4.79 Å². The number of rotatable bonds is 4. The van der Waals surface area contributed by atoms with Crippen LogP contribution in [0.5, 0.6) is 0 Å². The maximum atomic E-state index is 12.3. The number of amides is 1. The zero-order valence-electron chi connectivity index (χ0n) is 12.9. The van der Waals surface area contributed by atoms with Gasteiger partial charge in [-0.25, -0.2) is 0 Å². The number of likely N-dealkylation sites (tertiary alicyclic amines) is 1. The van der Waals surface area contributed by atoms with Crippen LogP contribution in [0.25, 0.3) is 0 Å². The average Bonchev–Trinajstić information content (AvgIpc) is 2.46. The molecule has 0 aromatic carbocycles. The molecule has 2 rings (SSSR count). The summed E-state index contributed by atoms with van der Waals surface area (Å²) in [6.07, 6.45) is 6.57. The average molecular weight is 304 g/mol. The second kappa shape index (κ2) is 8.85. The van der Waals surface area contributed by atoms with E-state index in [1.165, 1.54) is 12.8 Å². The van der Waals surface area contributed by atoms with Gasteiger partial charge in [0, 0.05) is 19.5 Å². The standard InChI is InChI=1S/C15H29N3O.ClH/c1-17-11-7-14(8-12-17)18(2)15(19)4-3-13-5-9-16-10-6-13;/h13-14,16H,3-12H2,1-2H3;1H. The normalized spacial score (nSPS) is 22.3. The summed E-state index contributed by atoms with van der Waals surface area (Å²) < 4.78 is 0. The molecule has 1 N–H and O–H groups in total. The molecule has 0 spiro atoms. The van der Waals surface area contributed by atoms with E-state index >= 15 is 0 Å². The molecule has 0 aliphatic carbocycles. The highest BCUT2D eigenvalue weighted by Crippen LogP contribution is 2.20. The molecule has 5 heteroatoms. The Morgan fingerprint density at radius 3 is 2.40 bits per heavy atom. The number of nitrogens with zero attached hydrogens (tertiary/aromatic N) is 2. The first-order valence-electron chi connectivity index (χ1n) is 7.81. The molecule has 0 aromatic rings. The Bertz CT molecular complexity index is 287. The molecule has 0 atom stereocenters. The Balaban J connectivity index is 0.00000200. The topological polar surface area (TPSA) is 35.6 Å². The minimum atomic E-state index is 0. The number of carbonyl (C=O) groups excluding carboxylic acids is 1. The fourth-order valence-corrected chi connectivity index (χ4v) is 3.26. The van der Waals surface area contributed by atoms with Crippen LogP contribution in [0, 0.1) is 5.92 Å². The number of halogens is 1. The molecule has 0 radical (unpaired) electrons. The second-order valence-corrected chi connectivity index (χ2v) is 6.27. The third-order valence-corrected chi connectivity index (χ3v) is 4.85. The van der Waals surface area contributed by atoms with Crippen LogP contribution in [0.4, 0.5) is 0 Å². The van der Waals surface area contributed by atoms with Crippen molar-refractivity contribution in [3.05, 3.63) is 0 Å². The lowest BCUT2D eigenvalue weighted by atomic mass is 9.92. The molecular weight excluding hydrogens is 274 g/mol. The van der Waals surface area contributed by atoms with E-state index in [2.05, 4.69) is 17.3 Å². The lowest BCUT2D eigenvalue weighted by molar-refractivity contribution is -0.133. The largest absolute Gasteiger partial charge is 0.343 e. The highest BCUT2D eigenvalue weighted by atomic mass is 35.5. The van der Waals surface area contributed by atoms with Gasteiger partial charge in [-0.05, 0) is 71.2 Å².